The number of aromatic nitrogens is 4. The minimum atomic E-state index is 0. The van der Waals surface area contributed by atoms with Crippen LogP contribution < -0.4 is 33.3 Å². The lowest BCUT2D eigenvalue weighted by Gasteiger charge is -2.20. The Morgan fingerprint density at radius 2 is 1.44 bits per heavy atom. The van der Waals surface area contributed by atoms with Gasteiger partial charge in [-0.3, -0.25) is 4.57 Å². The van der Waals surface area contributed by atoms with Gasteiger partial charge in [0.25, 0.3) is 0 Å². The monoisotopic (exact) mass is 678 g/mol. The number of fused-ring (bicyclic) bond motifs is 4. The molecule has 0 radical (unpaired) electrons. The molecule has 0 aliphatic rings. The minimum absolute atomic E-state index is 0. The molecule has 0 bridgehead atoms. The van der Waals surface area contributed by atoms with Crippen molar-refractivity contribution in [1.82, 2.24) is 14.1 Å². The topological polar surface area (TPSA) is 35.9 Å². The molecule has 7 aromatic rings. The molecule has 0 saturated heterocycles. The van der Waals surface area contributed by atoms with Gasteiger partial charge in [0, 0.05) is 29.1 Å². The zero-order valence-corrected chi connectivity index (χ0v) is 27.3. The smallest absolute Gasteiger partial charge is 0.250 e. The van der Waals surface area contributed by atoms with Gasteiger partial charge in [-0.25, -0.2) is 9.55 Å². The molecule has 0 atom stereocenters. The summed E-state index contributed by atoms with van der Waals surface area (Å²) in [7, 11) is 0. The largest absolute Gasteiger partial charge is 1.00 e. The molecule has 0 aliphatic heterocycles. The lowest BCUT2D eigenvalue weighted by Crippen LogP contribution is -3.00. The zero-order chi connectivity index (χ0) is 29.0. The van der Waals surface area contributed by atoms with E-state index in [2.05, 4.69) is 152 Å². The molecule has 0 spiro atoms. The Labute approximate surface area is 269 Å². The van der Waals surface area contributed by atoms with E-state index in [1.807, 2.05) is 12.3 Å². The molecule has 43 heavy (non-hydrogen) atoms. The summed E-state index contributed by atoms with van der Waals surface area (Å²) in [5, 5.41) is 2.37. The molecule has 0 unspecified atom stereocenters. The number of hydrogen-bond acceptors (Lipinski definition) is 2. The molecule has 0 saturated carbocycles. The average Bonchev–Trinajstić information content (AvgIpc) is 3.53. The molecule has 4 aromatic carbocycles. The number of halogens is 1. The van der Waals surface area contributed by atoms with E-state index in [0.29, 0.717) is 6.04 Å². The van der Waals surface area contributed by atoms with E-state index in [4.69, 9.17) is 9.72 Å². The van der Waals surface area contributed by atoms with Crippen LogP contribution in [0.1, 0.15) is 46.2 Å². The van der Waals surface area contributed by atoms with E-state index < -0.39 is 0 Å². The van der Waals surface area contributed by atoms with Crippen LogP contribution in [0.2, 0.25) is 0 Å². The Balaban J connectivity index is 0.00000329. The maximum Gasteiger partial charge on any atom is 0.250 e. The summed E-state index contributed by atoms with van der Waals surface area (Å²) in [6.45, 7) is 11.1. The maximum atomic E-state index is 6.53. The zero-order valence-electron chi connectivity index (χ0n) is 25.1. The van der Waals surface area contributed by atoms with Crippen molar-refractivity contribution in [1.29, 1.82) is 0 Å². The van der Waals surface area contributed by atoms with Crippen molar-refractivity contribution in [3.63, 3.8) is 0 Å². The van der Waals surface area contributed by atoms with E-state index in [-0.39, 0.29) is 29.4 Å². The molecule has 7 rings (SSSR count). The molecule has 0 fully saturated rings. The molecule has 6 heteroatoms. The van der Waals surface area contributed by atoms with Crippen LogP contribution in [0, 0.1) is 0 Å². The van der Waals surface area contributed by atoms with Crippen molar-refractivity contribution in [2.24, 2.45) is 0 Å². The van der Waals surface area contributed by atoms with E-state index >= 15 is 0 Å². The van der Waals surface area contributed by atoms with Crippen molar-refractivity contribution in [3.05, 3.63) is 121 Å². The van der Waals surface area contributed by atoms with Gasteiger partial charge in [0.05, 0.1) is 17.1 Å². The number of para-hydroxylation sites is 3. The summed E-state index contributed by atoms with van der Waals surface area (Å²) in [5.74, 6) is 2.48. The average molecular weight is 679 g/mol. The molecule has 216 valence electrons. The van der Waals surface area contributed by atoms with Crippen LogP contribution in [0.15, 0.2) is 116 Å². The summed E-state index contributed by atoms with van der Waals surface area (Å²) < 4.78 is 13.3. The number of imidazole rings is 1. The van der Waals surface area contributed by atoms with Gasteiger partial charge in [0.2, 0.25) is 6.33 Å². The van der Waals surface area contributed by atoms with Crippen molar-refractivity contribution in [3.8, 4) is 23.0 Å². The molecule has 0 aliphatic carbocycles. The molecule has 0 amide bonds. The van der Waals surface area contributed by atoms with Crippen molar-refractivity contribution < 1.29 is 33.3 Å². The number of benzene rings is 4. The molecular formula is C37H35IN4O. The summed E-state index contributed by atoms with van der Waals surface area (Å²) in [5.41, 5.74) is 6.90. The summed E-state index contributed by atoms with van der Waals surface area (Å²) in [4.78, 5) is 4.81. The molecule has 3 heterocycles. The first-order valence-electron chi connectivity index (χ1n) is 14.6. The minimum Gasteiger partial charge on any atom is -1.00 e. The van der Waals surface area contributed by atoms with Gasteiger partial charge in [-0.15, -0.1) is 0 Å². The highest BCUT2D eigenvalue weighted by Crippen LogP contribution is 2.36. The standard InChI is InChI=1S/C37H35N4O.HI/c1-25(2)39-24-40(34-16-9-8-15-33(34)39)27-11-10-12-28(22-27)42-29-17-18-31-30-13-6-7-14-32(30)41(35(31)23-29)36-21-26(19-20-38-36)37(3,4)5;/h6-25H,1-5H3;1H/q+1;/p-1. The molecule has 5 nitrogen and oxygen atoms in total. The SMILES string of the molecule is CC(C)[n+]1cn(-c2cccc(Oc3ccc4c5ccccc5n(-c5cc(C(C)(C)C)ccn5)c4c3)c2)c2ccccc21.[I-]. The van der Waals surface area contributed by atoms with Crippen LogP contribution in [-0.2, 0) is 5.41 Å². The number of ether oxygens (including phenoxy) is 1. The van der Waals surface area contributed by atoms with Crippen LogP contribution >= 0.6 is 0 Å². The fourth-order valence-electron chi connectivity index (χ4n) is 5.85. The lowest BCUT2D eigenvalue weighted by atomic mass is 9.88. The highest BCUT2D eigenvalue weighted by atomic mass is 127. The second-order valence-electron chi connectivity index (χ2n) is 12.3. The van der Waals surface area contributed by atoms with Crippen LogP contribution in [0.4, 0.5) is 0 Å². The van der Waals surface area contributed by atoms with Gasteiger partial charge >= 0.3 is 0 Å². The third kappa shape index (κ3) is 5.18. The predicted molar refractivity (Wildman–Crippen MR) is 171 cm³/mol. The summed E-state index contributed by atoms with van der Waals surface area (Å²) in [6, 6.07) is 36.3. The van der Waals surface area contributed by atoms with Gasteiger partial charge < -0.3 is 28.7 Å². The Kier molecular flexibility index (Phi) is 7.50. The summed E-state index contributed by atoms with van der Waals surface area (Å²) >= 11 is 0. The van der Waals surface area contributed by atoms with Crippen LogP contribution in [0.3, 0.4) is 0 Å². The maximum absolute atomic E-state index is 6.53. The quantitative estimate of drug-likeness (QED) is 0.164. The Bertz CT molecular complexity index is 2100. The number of rotatable bonds is 5. The number of hydrogen-bond donors (Lipinski definition) is 0. The van der Waals surface area contributed by atoms with Gasteiger partial charge in [0.15, 0.2) is 11.0 Å². The highest BCUT2D eigenvalue weighted by molar-refractivity contribution is 6.09. The highest BCUT2D eigenvalue weighted by Gasteiger charge is 2.20. The van der Waals surface area contributed by atoms with Gasteiger partial charge in [-0.2, -0.15) is 4.57 Å². The molecule has 3 aromatic heterocycles. The van der Waals surface area contributed by atoms with E-state index in [9.17, 15) is 0 Å². The Morgan fingerprint density at radius 3 is 2.23 bits per heavy atom. The number of pyridine rings is 1. The number of nitrogens with zero attached hydrogens (tertiary/aromatic N) is 4. The van der Waals surface area contributed by atoms with E-state index in [1.54, 1.807) is 0 Å². The van der Waals surface area contributed by atoms with Crippen molar-refractivity contribution in [2.75, 3.05) is 0 Å². The first-order chi connectivity index (χ1) is 20.3. The fourth-order valence-corrected chi connectivity index (χ4v) is 5.85. The normalized spacial score (nSPS) is 11.9. The van der Waals surface area contributed by atoms with Gasteiger partial charge in [-0.1, -0.05) is 57.2 Å². The fraction of sp³-hybridized carbons (Fsp3) is 0.189. The van der Waals surface area contributed by atoms with Crippen LogP contribution in [0.5, 0.6) is 11.5 Å². The molecular weight excluding hydrogens is 643 g/mol. The third-order valence-electron chi connectivity index (χ3n) is 8.03. The Hall–Kier alpha value is -4.17. The Morgan fingerprint density at radius 1 is 0.721 bits per heavy atom. The van der Waals surface area contributed by atoms with Crippen LogP contribution in [0.25, 0.3) is 44.3 Å². The van der Waals surface area contributed by atoms with Gasteiger partial charge in [-0.05, 0) is 79.4 Å². The molecule has 0 N–H and O–H groups in total. The third-order valence-corrected chi connectivity index (χ3v) is 8.03. The van der Waals surface area contributed by atoms with Crippen molar-refractivity contribution >= 4 is 32.8 Å². The second-order valence-corrected chi connectivity index (χ2v) is 12.3. The van der Waals surface area contributed by atoms with Gasteiger partial charge in [0.1, 0.15) is 23.0 Å². The first kappa shape index (κ1) is 28.9. The van der Waals surface area contributed by atoms with Crippen LogP contribution in [-0.4, -0.2) is 14.1 Å². The first-order valence-corrected chi connectivity index (χ1v) is 14.6. The second kappa shape index (κ2) is 11.2. The van der Waals surface area contributed by atoms with E-state index in [1.165, 1.54) is 27.4 Å². The lowest BCUT2D eigenvalue weighted by molar-refractivity contribution is -0.691. The predicted octanol–water partition coefficient (Wildman–Crippen LogP) is 6.08. The summed E-state index contributed by atoms with van der Waals surface area (Å²) in [6.07, 6.45) is 4.09. The van der Waals surface area contributed by atoms with Crippen molar-refractivity contribution in [2.45, 2.75) is 46.1 Å². The van der Waals surface area contributed by atoms with E-state index in [0.717, 1.165) is 34.0 Å².